The first-order chi connectivity index (χ1) is 11.0. The molecule has 0 saturated heterocycles. The third-order valence-corrected chi connectivity index (χ3v) is 3.94. The van der Waals surface area contributed by atoms with Crippen molar-refractivity contribution in [1.82, 2.24) is 9.97 Å². The van der Waals surface area contributed by atoms with Crippen molar-refractivity contribution in [3.05, 3.63) is 58.9 Å². The third kappa shape index (κ3) is 3.07. The summed E-state index contributed by atoms with van der Waals surface area (Å²) in [4.78, 5) is 10.4. The lowest BCUT2D eigenvalue weighted by atomic mass is 10.2. The monoisotopic (exact) mass is 353 g/mol. The predicted molar refractivity (Wildman–Crippen MR) is 88.5 cm³/mol. The van der Waals surface area contributed by atoms with Gasteiger partial charge in [-0.05, 0) is 30.3 Å². The molecule has 0 aliphatic heterocycles. The fourth-order valence-electron chi connectivity index (χ4n) is 2.26. The average Bonchev–Trinajstić information content (AvgIpc) is 2.55. The summed E-state index contributed by atoms with van der Waals surface area (Å²) in [6, 6.07) is 8.61. The van der Waals surface area contributed by atoms with Gasteiger partial charge in [0.05, 0.1) is 16.4 Å². The van der Waals surface area contributed by atoms with E-state index in [0.717, 1.165) is 0 Å². The first-order valence-corrected chi connectivity index (χ1v) is 7.62. The normalized spacial score (nSPS) is 11.0. The Morgan fingerprint density at radius 3 is 2.57 bits per heavy atom. The molecule has 23 heavy (non-hydrogen) atoms. The maximum atomic E-state index is 13.5. The first kappa shape index (κ1) is 15.9. The van der Waals surface area contributed by atoms with Gasteiger partial charge in [-0.3, -0.25) is 0 Å². The molecule has 3 aromatic rings. The van der Waals surface area contributed by atoms with Gasteiger partial charge in [-0.2, -0.15) is 0 Å². The smallest absolute Gasteiger partial charge is 0.146 e. The largest absolute Gasteiger partial charge is 0.329 e. The van der Waals surface area contributed by atoms with Gasteiger partial charge in [0.15, 0.2) is 0 Å². The summed E-state index contributed by atoms with van der Waals surface area (Å²) in [5, 5.41) is 0.666. The minimum absolute atomic E-state index is 0.0105. The molecule has 118 valence electrons. The highest BCUT2D eigenvalue weighted by Gasteiger charge is 2.14. The minimum atomic E-state index is -0.500. The van der Waals surface area contributed by atoms with Crippen LogP contribution in [0.1, 0.15) is 5.82 Å². The minimum Gasteiger partial charge on any atom is -0.329 e. The quantitative estimate of drug-likeness (QED) is 0.615. The molecule has 0 aliphatic rings. The number of benzene rings is 2. The summed E-state index contributed by atoms with van der Waals surface area (Å²) in [5.74, 6) is 0.112. The fourth-order valence-corrected chi connectivity index (χ4v) is 2.56. The van der Waals surface area contributed by atoms with Crippen LogP contribution in [0.5, 0.6) is 0 Å². The molecular weight excluding hydrogens is 343 g/mol. The molecule has 0 aliphatic carbocycles. The summed E-state index contributed by atoms with van der Waals surface area (Å²) >= 11 is 11.7. The second-order valence-electron chi connectivity index (χ2n) is 4.92. The van der Waals surface area contributed by atoms with E-state index in [-0.39, 0.29) is 10.9 Å². The van der Waals surface area contributed by atoms with Gasteiger partial charge in [0.1, 0.15) is 23.3 Å². The Bertz CT molecular complexity index is 887. The Kier molecular flexibility index (Phi) is 4.33. The molecule has 7 heteroatoms. The molecule has 0 bridgehead atoms. The molecule has 0 fully saturated rings. The molecule has 2 aromatic carbocycles. The molecule has 1 heterocycles. The Morgan fingerprint density at radius 1 is 1.09 bits per heavy atom. The first-order valence-electron chi connectivity index (χ1n) is 6.70. The lowest BCUT2D eigenvalue weighted by Gasteiger charge is -2.21. The zero-order valence-corrected chi connectivity index (χ0v) is 13.5. The van der Waals surface area contributed by atoms with Crippen molar-refractivity contribution in [2.75, 3.05) is 11.9 Å². The van der Waals surface area contributed by atoms with E-state index in [4.69, 9.17) is 23.2 Å². The van der Waals surface area contributed by atoms with E-state index in [2.05, 4.69) is 9.97 Å². The summed E-state index contributed by atoms with van der Waals surface area (Å²) in [6.45, 7) is 0. The van der Waals surface area contributed by atoms with Crippen molar-refractivity contribution in [3.8, 4) is 0 Å². The fraction of sp³-hybridized carbons (Fsp3) is 0.125. The van der Waals surface area contributed by atoms with Gasteiger partial charge >= 0.3 is 0 Å². The summed E-state index contributed by atoms with van der Waals surface area (Å²) in [6.07, 6.45) is 0. The van der Waals surface area contributed by atoms with Crippen LogP contribution in [-0.4, -0.2) is 17.0 Å². The Labute approximate surface area is 141 Å². The van der Waals surface area contributed by atoms with E-state index in [0.29, 0.717) is 28.2 Å². The highest BCUT2D eigenvalue weighted by Crippen LogP contribution is 2.31. The summed E-state index contributed by atoms with van der Waals surface area (Å²) in [5.41, 5.74) is 1.09. The number of hydrogen-bond acceptors (Lipinski definition) is 3. The molecule has 0 unspecified atom stereocenters. The van der Waals surface area contributed by atoms with Crippen molar-refractivity contribution >= 4 is 45.6 Å². The van der Waals surface area contributed by atoms with Crippen LogP contribution in [0.15, 0.2) is 36.4 Å². The lowest BCUT2D eigenvalue weighted by molar-refractivity contribution is 0.628. The van der Waals surface area contributed by atoms with Crippen molar-refractivity contribution in [1.29, 1.82) is 0 Å². The molecule has 0 atom stereocenters. The second-order valence-corrected chi connectivity index (χ2v) is 5.59. The molecule has 0 amide bonds. The Morgan fingerprint density at radius 2 is 1.87 bits per heavy atom. The van der Waals surface area contributed by atoms with Crippen LogP contribution in [0.3, 0.4) is 0 Å². The topological polar surface area (TPSA) is 29.0 Å². The molecule has 1 aromatic heterocycles. The van der Waals surface area contributed by atoms with Crippen molar-refractivity contribution < 1.29 is 8.78 Å². The van der Waals surface area contributed by atoms with Crippen LogP contribution >= 0.6 is 23.2 Å². The molecule has 0 saturated carbocycles. The van der Waals surface area contributed by atoms with Crippen LogP contribution in [0.2, 0.25) is 5.02 Å². The third-order valence-electron chi connectivity index (χ3n) is 3.41. The highest BCUT2D eigenvalue weighted by atomic mass is 35.5. The number of fused-ring (bicyclic) bond motifs is 1. The van der Waals surface area contributed by atoms with Gasteiger partial charge in [-0.15, -0.1) is 11.6 Å². The van der Waals surface area contributed by atoms with Gasteiger partial charge in [-0.25, -0.2) is 18.7 Å². The van der Waals surface area contributed by atoms with E-state index in [1.807, 2.05) is 0 Å². The number of anilines is 2. The van der Waals surface area contributed by atoms with Crippen molar-refractivity contribution in [2.45, 2.75) is 5.88 Å². The van der Waals surface area contributed by atoms with E-state index in [1.54, 1.807) is 24.1 Å². The van der Waals surface area contributed by atoms with E-state index >= 15 is 0 Å². The molecule has 0 radical (unpaired) electrons. The molecule has 0 spiro atoms. The molecular formula is C16H11Cl2F2N3. The average molecular weight is 354 g/mol. The van der Waals surface area contributed by atoms with E-state index < -0.39 is 11.6 Å². The van der Waals surface area contributed by atoms with Gasteiger partial charge in [0.25, 0.3) is 0 Å². The van der Waals surface area contributed by atoms with Crippen LogP contribution < -0.4 is 4.90 Å². The summed E-state index contributed by atoms with van der Waals surface area (Å²) in [7, 11) is 1.76. The number of hydrogen-bond donors (Lipinski definition) is 0. The van der Waals surface area contributed by atoms with Crippen LogP contribution in [0, 0.1) is 11.6 Å². The number of halogens is 4. The van der Waals surface area contributed by atoms with Gasteiger partial charge < -0.3 is 4.90 Å². The second kappa shape index (κ2) is 6.26. The van der Waals surface area contributed by atoms with E-state index in [1.165, 1.54) is 24.3 Å². The predicted octanol–water partition coefficient (Wildman–Crippen LogP) is 5.07. The maximum Gasteiger partial charge on any atom is 0.146 e. The van der Waals surface area contributed by atoms with Crippen molar-refractivity contribution in [2.24, 2.45) is 0 Å². The summed E-state index contributed by atoms with van der Waals surface area (Å²) < 4.78 is 26.8. The van der Waals surface area contributed by atoms with Crippen molar-refractivity contribution in [3.63, 3.8) is 0 Å². The zero-order valence-electron chi connectivity index (χ0n) is 12.0. The number of alkyl halides is 1. The van der Waals surface area contributed by atoms with Gasteiger partial charge in [-0.1, -0.05) is 11.6 Å². The van der Waals surface area contributed by atoms with Gasteiger partial charge in [0, 0.05) is 24.2 Å². The zero-order chi connectivity index (χ0) is 16.6. The highest BCUT2D eigenvalue weighted by molar-refractivity contribution is 6.31. The van der Waals surface area contributed by atoms with Gasteiger partial charge in [0.2, 0.25) is 0 Å². The molecule has 0 N–H and O–H groups in total. The standard InChI is InChI=1S/C16H11Cl2F2N3/c1-23(10-3-5-13(20)12(18)7-10)16-11-4-2-9(19)6-14(11)21-15(8-17)22-16/h2-7H,8H2,1H3. The van der Waals surface area contributed by atoms with E-state index in [9.17, 15) is 8.78 Å². The Balaban J connectivity index is 2.18. The molecule has 3 rings (SSSR count). The lowest BCUT2D eigenvalue weighted by Crippen LogP contribution is -2.13. The van der Waals surface area contributed by atoms with Crippen LogP contribution in [0.25, 0.3) is 10.9 Å². The molecule has 3 nitrogen and oxygen atoms in total. The Hall–Kier alpha value is -1.98. The number of nitrogens with zero attached hydrogens (tertiary/aromatic N) is 3. The van der Waals surface area contributed by atoms with Crippen LogP contribution in [0.4, 0.5) is 20.3 Å². The maximum absolute atomic E-state index is 13.5. The number of aromatic nitrogens is 2. The number of rotatable bonds is 3. The SMILES string of the molecule is CN(c1ccc(F)c(Cl)c1)c1nc(CCl)nc2cc(F)ccc12. The van der Waals surface area contributed by atoms with Crippen LogP contribution in [-0.2, 0) is 5.88 Å².